The molecular weight excluding hydrogens is 174 g/mol. The van der Waals surface area contributed by atoms with E-state index in [0.717, 1.165) is 17.6 Å². The molecule has 0 unspecified atom stereocenters. The van der Waals surface area contributed by atoms with Gasteiger partial charge in [-0.05, 0) is 35.8 Å². The fourth-order valence-electron chi connectivity index (χ4n) is 1.38. The smallest absolute Gasteiger partial charge is 0.159 e. The summed E-state index contributed by atoms with van der Waals surface area (Å²) in [6.45, 7) is 0. The predicted octanol–water partition coefficient (Wildman–Crippen LogP) is 2.30. The number of allylic oxidation sites excluding steroid dienone is 1. The molecular formula is C12H9NO. The van der Waals surface area contributed by atoms with Crippen LogP contribution in [0.2, 0.25) is 0 Å². The van der Waals surface area contributed by atoms with Gasteiger partial charge in [-0.3, -0.25) is 4.79 Å². The summed E-state index contributed by atoms with van der Waals surface area (Å²) in [4.78, 5) is 11.0. The minimum Gasteiger partial charge on any atom is -0.295 e. The van der Waals surface area contributed by atoms with Gasteiger partial charge in [-0.1, -0.05) is 12.1 Å². The lowest BCUT2D eigenvalue weighted by molar-refractivity contribution is -0.118. The van der Waals surface area contributed by atoms with E-state index in [2.05, 4.69) is 6.07 Å². The van der Waals surface area contributed by atoms with Crippen molar-refractivity contribution < 1.29 is 4.79 Å². The first-order valence-electron chi connectivity index (χ1n) is 4.53. The second kappa shape index (κ2) is 3.47. The van der Waals surface area contributed by atoms with Crippen molar-refractivity contribution in [1.82, 2.24) is 0 Å². The molecule has 1 fully saturated rings. The van der Waals surface area contributed by atoms with Crippen LogP contribution in [0.1, 0.15) is 24.0 Å². The van der Waals surface area contributed by atoms with E-state index in [4.69, 9.17) is 5.26 Å². The van der Waals surface area contributed by atoms with Gasteiger partial charge in [0.05, 0.1) is 11.6 Å². The Balaban J connectivity index is 2.23. The summed E-state index contributed by atoms with van der Waals surface area (Å²) in [5, 5.41) is 8.59. The van der Waals surface area contributed by atoms with Crippen LogP contribution in [0.15, 0.2) is 29.8 Å². The Morgan fingerprint density at radius 3 is 2.36 bits per heavy atom. The number of rotatable bonds is 1. The normalized spacial score (nSPS) is 17.6. The fraction of sp³-hybridized carbons (Fsp3) is 0.167. The Morgan fingerprint density at radius 2 is 1.93 bits per heavy atom. The monoisotopic (exact) mass is 183 g/mol. The maximum Gasteiger partial charge on any atom is 0.159 e. The summed E-state index contributed by atoms with van der Waals surface area (Å²) in [6, 6.07) is 9.29. The molecule has 1 aliphatic rings. The Bertz CT molecular complexity index is 434. The van der Waals surface area contributed by atoms with E-state index in [1.54, 1.807) is 12.1 Å². The van der Waals surface area contributed by atoms with Gasteiger partial charge in [0.1, 0.15) is 0 Å². The highest BCUT2D eigenvalue weighted by atomic mass is 16.1. The maximum atomic E-state index is 11.0. The molecule has 1 saturated carbocycles. The molecule has 2 rings (SSSR count). The van der Waals surface area contributed by atoms with Crippen LogP contribution in [-0.4, -0.2) is 5.78 Å². The van der Waals surface area contributed by atoms with Crippen molar-refractivity contribution in [3.63, 3.8) is 0 Å². The number of carbonyl (C=O) groups is 1. The van der Waals surface area contributed by atoms with Gasteiger partial charge in [-0.15, -0.1) is 0 Å². The zero-order valence-corrected chi connectivity index (χ0v) is 7.66. The van der Waals surface area contributed by atoms with E-state index < -0.39 is 0 Å². The van der Waals surface area contributed by atoms with Gasteiger partial charge in [-0.2, -0.15) is 5.26 Å². The Hall–Kier alpha value is -1.88. The van der Waals surface area contributed by atoms with Gasteiger partial charge >= 0.3 is 0 Å². The number of Topliss-reactive ketones (excluding diaryl/α,β-unsaturated/α-hetero) is 1. The average Bonchev–Trinajstić information content (AvgIpc) is 2.24. The molecule has 0 spiro atoms. The standard InChI is InChI=1S/C12H9NO/c13-8-10-3-1-9(2-4-10)7-11-5-6-12(11)14/h1-4,7H,5-6H2/b11-7+. The average molecular weight is 183 g/mol. The van der Waals surface area contributed by atoms with Crippen molar-refractivity contribution >= 4 is 11.9 Å². The maximum absolute atomic E-state index is 11.0. The Morgan fingerprint density at radius 1 is 1.21 bits per heavy atom. The van der Waals surface area contributed by atoms with Gasteiger partial charge < -0.3 is 0 Å². The molecule has 1 aromatic carbocycles. The van der Waals surface area contributed by atoms with Crippen molar-refractivity contribution in [2.45, 2.75) is 12.8 Å². The van der Waals surface area contributed by atoms with E-state index in [1.165, 1.54) is 0 Å². The van der Waals surface area contributed by atoms with E-state index >= 15 is 0 Å². The van der Waals surface area contributed by atoms with Crippen LogP contribution in [0.4, 0.5) is 0 Å². The van der Waals surface area contributed by atoms with Crippen LogP contribution in [-0.2, 0) is 4.79 Å². The third-order valence-corrected chi connectivity index (χ3v) is 2.36. The van der Waals surface area contributed by atoms with Crippen LogP contribution >= 0.6 is 0 Å². The molecule has 0 saturated heterocycles. The highest BCUT2D eigenvalue weighted by Gasteiger charge is 2.19. The second-order valence-corrected chi connectivity index (χ2v) is 3.33. The first kappa shape index (κ1) is 8.71. The minimum atomic E-state index is 0.245. The number of carbonyl (C=O) groups excluding carboxylic acids is 1. The first-order chi connectivity index (χ1) is 6.79. The van der Waals surface area contributed by atoms with E-state index in [1.807, 2.05) is 18.2 Å². The number of benzene rings is 1. The number of nitriles is 1. The van der Waals surface area contributed by atoms with Crippen LogP contribution in [0, 0.1) is 11.3 Å². The summed E-state index contributed by atoms with van der Waals surface area (Å²) < 4.78 is 0. The first-order valence-corrected chi connectivity index (χ1v) is 4.53. The summed E-state index contributed by atoms with van der Waals surface area (Å²) in [7, 11) is 0. The van der Waals surface area contributed by atoms with E-state index in [9.17, 15) is 4.79 Å². The molecule has 0 heterocycles. The molecule has 2 nitrogen and oxygen atoms in total. The molecule has 2 heteroatoms. The van der Waals surface area contributed by atoms with Crippen LogP contribution in [0.5, 0.6) is 0 Å². The largest absolute Gasteiger partial charge is 0.295 e. The highest BCUT2D eigenvalue weighted by Crippen LogP contribution is 2.23. The summed E-state index contributed by atoms with van der Waals surface area (Å²) in [6.07, 6.45) is 3.47. The van der Waals surface area contributed by atoms with Gasteiger partial charge in [0.25, 0.3) is 0 Å². The molecule has 1 aliphatic carbocycles. The predicted molar refractivity (Wildman–Crippen MR) is 53.4 cm³/mol. The van der Waals surface area contributed by atoms with E-state index in [-0.39, 0.29) is 5.78 Å². The quantitative estimate of drug-likeness (QED) is 0.627. The van der Waals surface area contributed by atoms with Gasteiger partial charge in [0.2, 0.25) is 0 Å². The van der Waals surface area contributed by atoms with Gasteiger partial charge in [0, 0.05) is 6.42 Å². The third kappa shape index (κ3) is 1.57. The fourth-order valence-corrected chi connectivity index (χ4v) is 1.38. The molecule has 0 amide bonds. The zero-order valence-electron chi connectivity index (χ0n) is 7.66. The molecule has 0 radical (unpaired) electrons. The number of hydrogen-bond donors (Lipinski definition) is 0. The van der Waals surface area contributed by atoms with Crippen molar-refractivity contribution in [3.05, 3.63) is 41.0 Å². The Labute approximate surface area is 82.5 Å². The third-order valence-electron chi connectivity index (χ3n) is 2.36. The number of ketones is 1. The topological polar surface area (TPSA) is 40.9 Å². The second-order valence-electron chi connectivity index (χ2n) is 3.33. The zero-order chi connectivity index (χ0) is 9.97. The number of hydrogen-bond acceptors (Lipinski definition) is 2. The molecule has 14 heavy (non-hydrogen) atoms. The lowest BCUT2D eigenvalue weighted by Gasteiger charge is -2.14. The Kier molecular flexibility index (Phi) is 2.16. The van der Waals surface area contributed by atoms with Crippen molar-refractivity contribution in [2.24, 2.45) is 0 Å². The molecule has 0 aromatic heterocycles. The molecule has 0 atom stereocenters. The highest BCUT2D eigenvalue weighted by molar-refractivity contribution is 6.05. The van der Waals surface area contributed by atoms with Crippen LogP contribution < -0.4 is 0 Å². The molecule has 0 bridgehead atoms. The van der Waals surface area contributed by atoms with Gasteiger partial charge in [-0.25, -0.2) is 0 Å². The lowest BCUT2D eigenvalue weighted by Crippen LogP contribution is -2.13. The molecule has 1 aromatic rings. The SMILES string of the molecule is N#Cc1ccc(/C=C2\CCC2=O)cc1. The van der Waals surface area contributed by atoms with E-state index in [0.29, 0.717) is 12.0 Å². The molecule has 0 aliphatic heterocycles. The molecule has 68 valence electrons. The van der Waals surface area contributed by atoms with Crippen LogP contribution in [0.25, 0.3) is 6.08 Å². The molecule has 0 N–H and O–H groups in total. The minimum absolute atomic E-state index is 0.245. The van der Waals surface area contributed by atoms with Crippen molar-refractivity contribution in [1.29, 1.82) is 5.26 Å². The summed E-state index contributed by atoms with van der Waals surface area (Å²) in [5.41, 5.74) is 2.54. The van der Waals surface area contributed by atoms with Gasteiger partial charge in [0.15, 0.2) is 5.78 Å². The number of nitrogens with zero attached hydrogens (tertiary/aromatic N) is 1. The lowest BCUT2D eigenvalue weighted by atomic mass is 9.89. The van der Waals surface area contributed by atoms with Crippen LogP contribution in [0.3, 0.4) is 0 Å². The van der Waals surface area contributed by atoms with Crippen molar-refractivity contribution in [3.8, 4) is 6.07 Å². The van der Waals surface area contributed by atoms with Crippen molar-refractivity contribution in [2.75, 3.05) is 0 Å². The summed E-state index contributed by atoms with van der Waals surface area (Å²) in [5.74, 6) is 0.245. The summed E-state index contributed by atoms with van der Waals surface area (Å²) >= 11 is 0.